The van der Waals surface area contributed by atoms with Crippen molar-refractivity contribution in [3.63, 3.8) is 0 Å². The van der Waals surface area contributed by atoms with Gasteiger partial charge < -0.3 is 14.4 Å². The number of nitrogens with zero attached hydrogens (tertiary/aromatic N) is 5. The predicted octanol–water partition coefficient (Wildman–Crippen LogP) is 1.41. The van der Waals surface area contributed by atoms with Crippen molar-refractivity contribution in [1.82, 2.24) is 18.8 Å². The predicted molar refractivity (Wildman–Crippen MR) is 108 cm³/mol. The number of benzene rings is 1. The number of piperazine rings is 1. The third-order valence-corrected chi connectivity index (χ3v) is 7.15. The second-order valence-corrected chi connectivity index (χ2v) is 8.67. The number of imidazole rings is 1. The van der Waals surface area contributed by atoms with E-state index in [0.29, 0.717) is 44.8 Å². The highest BCUT2D eigenvalue weighted by Gasteiger charge is 2.25. The molecule has 152 valence electrons. The molecule has 9 heteroatoms. The SMILES string of the molecule is CCN(CC)S(=O)(=O)c1ccc(C(=O)N2CCN(c3nccn3C)CC2)cc1. The van der Waals surface area contributed by atoms with E-state index in [9.17, 15) is 13.2 Å². The zero-order valence-corrected chi connectivity index (χ0v) is 17.4. The molecular formula is C19H27N5O3S. The van der Waals surface area contributed by atoms with Crippen LogP contribution in [0.3, 0.4) is 0 Å². The first kappa shape index (κ1) is 20.3. The number of hydrogen-bond acceptors (Lipinski definition) is 5. The summed E-state index contributed by atoms with van der Waals surface area (Å²) in [5, 5.41) is 0. The molecule has 1 fully saturated rings. The molecule has 1 aromatic carbocycles. The summed E-state index contributed by atoms with van der Waals surface area (Å²) in [5.74, 6) is 0.823. The molecule has 28 heavy (non-hydrogen) atoms. The molecule has 1 aromatic heterocycles. The maximum absolute atomic E-state index is 12.8. The number of carbonyl (C=O) groups excluding carboxylic acids is 1. The lowest BCUT2D eigenvalue weighted by molar-refractivity contribution is 0.0746. The smallest absolute Gasteiger partial charge is 0.253 e. The summed E-state index contributed by atoms with van der Waals surface area (Å²) in [4.78, 5) is 21.3. The fraction of sp³-hybridized carbons (Fsp3) is 0.474. The van der Waals surface area contributed by atoms with Crippen molar-refractivity contribution in [1.29, 1.82) is 0 Å². The van der Waals surface area contributed by atoms with E-state index in [1.54, 1.807) is 23.2 Å². The Morgan fingerprint density at radius 2 is 1.68 bits per heavy atom. The van der Waals surface area contributed by atoms with E-state index < -0.39 is 10.0 Å². The summed E-state index contributed by atoms with van der Waals surface area (Å²) in [6.07, 6.45) is 3.67. The number of hydrogen-bond donors (Lipinski definition) is 0. The second kappa shape index (κ2) is 8.32. The molecule has 2 heterocycles. The van der Waals surface area contributed by atoms with Gasteiger partial charge in [-0.3, -0.25) is 4.79 Å². The Bertz CT molecular complexity index is 911. The number of amides is 1. The van der Waals surface area contributed by atoms with E-state index in [1.165, 1.54) is 16.4 Å². The lowest BCUT2D eigenvalue weighted by atomic mass is 10.2. The fourth-order valence-corrected chi connectivity index (χ4v) is 4.89. The van der Waals surface area contributed by atoms with Gasteiger partial charge in [0, 0.05) is 64.3 Å². The van der Waals surface area contributed by atoms with E-state index in [4.69, 9.17) is 0 Å². The molecule has 0 N–H and O–H groups in total. The maximum Gasteiger partial charge on any atom is 0.253 e. The molecule has 0 unspecified atom stereocenters. The van der Waals surface area contributed by atoms with Gasteiger partial charge in [-0.15, -0.1) is 0 Å². The van der Waals surface area contributed by atoms with E-state index >= 15 is 0 Å². The van der Waals surface area contributed by atoms with Gasteiger partial charge in [0.2, 0.25) is 16.0 Å². The Morgan fingerprint density at radius 1 is 1.07 bits per heavy atom. The quantitative estimate of drug-likeness (QED) is 0.726. The first-order valence-corrected chi connectivity index (χ1v) is 10.9. The molecule has 0 bridgehead atoms. The number of rotatable bonds is 6. The molecule has 0 saturated carbocycles. The highest BCUT2D eigenvalue weighted by atomic mass is 32.2. The van der Waals surface area contributed by atoms with Crippen molar-refractivity contribution in [3.8, 4) is 0 Å². The van der Waals surface area contributed by atoms with Gasteiger partial charge in [-0.2, -0.15) is 4.31 Å². The number of anilines is 1. The lowest BCUT2D eigenvalue weighted by Crippen LogP contribution is -2.49. The zero-order valence-electron chi connectivity index (χ0n) is 16.6. The molecule has 0 aliphatic carbocycles. The van der Waals surface area contributed by atoms with Crippen molar-refractivity contribution >= 4 is 21.9 Å². The highest BCUT2D eigenvalue weighted by molar-refractivity contribution is 7.89. The van der Waals surface area contributed by atoms with Gasteiger partial charge in [0.05, 0.1) is 4.90 Å². The summed E-state index contributed by atoms with van der Waals surface area (Å²) in [6, 6.07) is 6.24. The number of sulfonamides is 1. The second-order valence-electron chi connectivity index (χ2n) is 6.73. The Hall–Kier alpha value is -2.39. The van der Waals surface area contributed by atoms with Crippen LogP contribution in [0.25, 0.3) is 0 Å². The standard InChI is InChI=1S/C19H27N5O3S/c1-4-24(5-2)28(26,27)17-8-6-16(7-9-17)18(25)22-12-14-23(15-13-22)19-20-10-11-21(19)3/h6-11H,4-5,12-15H2,1-3H3. The van der Waals surface area contributed by atoms with Crippen LogP contribution in [0.1, 0.15) is 24.2 Å². The van der Waals surface area contributed by atoms with E-state index in [0.717, 1.165) is 5.95 Å². The lowest BCUT2D eigenvalue weighted by Gasteiger charge is -2.35. The van der Waals surface area contributed by atoms with Crippen molar-refractivity contribution in [2.45, 2.75) is 18.7 Å². The number of carbonyl (C=O) groups is 1. The van der Waals surface area contributed by atoms with Crippen LogP contribution in [-0.2, 0) is 17.1 Å². The fourth-order valence-electron chi connectivity index (χ4n) is 3.44. The monoisotopic (exact) mass is 405 g/mol. The molecule has 8 nitrogen and oxygen atoms in total. The van der Waals surface area contributed by atoms with Crippen LogP contribution in [0, 0.1) is 0 Å². The van der Waals surface area contributed by atoms with Crippen molar-refractivity contribution in [3.05, 3.63) is 42.2 Å². The third kappa shape index (κ3) is 3.90. The molecule has 0 radical (unpaired) electrons. The number of aromatic nitrogens is 2. The van der Waals surface area contributed by atoms with Crippen LogP contribution in [0.4, 0.5) is 5.95 Å². The van der Waals surface area contributed by atoms with Crippen molar-refractivity contribution in [2.24, 2.45) is 7.05 Å². The molecular weight excluding hydrogens is 378 g/mol. The van der Waals surface area contributed by atoms with E-state index in [-0.39, 0.29) is 10.8 Å². The Kier molecular flexibility index (Phi) is 6.04. The Morgan fingerprint density at radius 3 is 2.18 bits per heavy atom. The van der Waals surface area contributed by atoms with Crippen LogP contribution < -0.4 is 4.90 Å². The first-order chi connectivity index (χ1) is 13.4. The van der Waals surface area contributed by atoms with Crippen molar-refractivity contribution in [2.75, 3.05) is 44.2 Å². The summed E-state index contributed by atoms with van der Waals surface area (Å²) >= 11 is 0. The van der Waals surface area contributed by atoms with Crippen LogP contribution in [0.15, 0.2) is 41.6 Å². The summed E-state index contributed by atoms with van der Waals surface area (Å²) in [7, 11) is -1.56. The van der Waals surface area contributed by atoms with Gasteiger partial charge in [-0.1, -0.05) is 13.8 Å². The third-order valence-electron chi connectivity index (χ3n) is 5.09. The summed E-state index contributed by atoms with van der Waals surface area (Å²) in [5.41, 5.74) is 0.504. The van der Waals surface area contributed by atoms with E-state index in [1.807, 2.05) is 31.7 Å². The zero-order chi connectivity index (χ0) is 20.3. The summed E-state index contributed by atoms with van der Waals surface area (Å²) < 4.78 is 28.5. The van der Waals surface area contributed by atoms with Crippen LogP contribution in [0.2, 0.25) is 0 Å². The molecule has 1 amide bonds. The normalized spacial score (nSPS) is 15.3. The highest BCUT2D eigenvalue weighted by Crippen LogP contribution is 2.18. The minimum Gasteiger partial charge on any atom is -0.339 e. The van der Waals surface area contributed by atoms with Gasteiger partial charge in [-0.25, -0.2) is 13.4 Å². The first-order valence-electron chi connectivity index (χ1n) is 9.50. The van der Waals surface area contributed by atoms with Crippen LogP contribution in [-0.4, -0.2) is 72.3 Å². The molecule has 0 spiro atoms. The molecule has 0 atom stereocenters. The Labute approximate surface area is 166 Å². The average Bonchev–Trinajstić information content (AvgIpc) is 3.14. The minimum atomic E-state index is -3.51. The minimum absolute atomic E-state index is 0.0775. The Balaban J connectivity index is 1.66. The molecule has 2 aromatic rings. The topological polar surface area (TPSA) is 78.8 Å². The van der Waals surface area contributed by atoms with Gasteiger partial charge >= 0.3 is 0 Å². The average molecular weight is 406 g/mol. The van der Waals surface area contributed by atoms with Crippen LogP contribution in [0.5, 0.6) is 0 Å². The van der Waals surface area contributed by atoms with Crippen molar-refractivity contribution < 1.29 is 13.2 Å². The van der Waals surface area contributed by atoms with Gasteiger partial charge in [0.1, 0.15) is 0 Å². The summed E-state index contributed by atoms with van der Waals surface area (Å²) in [6.45, 7) is 7.08. The van der Waals surface area contributed by atoms with Gasteiger partial charge in [0.15, 0.2) is 0 Å². The van der Waals surface area contributed by atoms with E-state index in [2.05, 4.69) is 9.88 Å². The molecule has 3 rings (SSSR count). The van der Waals surface area contributed by atoms with Gasteiger partial charge in [0.25, 0.3) is 5.91 Å². The molecule has 1 aliphatic heterocycles. The molecule has 1 aliphatic rings. The van der Waals surface area contributed by atoms with Crippen LogP contribution >= 0.6 is 0 Å². The van der Waals surface area contributed by atoms with Gasteiger partial charge in [-0.05, 0) is 24.3 Å². The number of aryl methyl sites for hydroxylation is 1. The largest absolute Gasteiger partial charge is 0.339 e. The molecule has 1 saturated heterocycles. The maximum atomic E-state index is 12.8.